The van der Waals surface area contributed by atoms with Gasteiger partial charge >= 0.3 is 5.97 Å². The Hall–Kier alpha value is -2.03. The average Bonchev–Trinajstić information content (AvgIpc) is 2.53. The van der Waals surface area contributed by atoms with Crippen LogP contribution in [0.1, 0.15) is 26.7 Å². The summed E-state index contributed by atoms with van der Waals surface area (Å²) in [5.41, 5.74) is 0. The molecule has 0 heterocycles. The van der Waals surface area contributed by atoms with E-state index in [1.54, 1.807) is 0 Å². The molecule has 3 nitrogen and oxygen atoms in total. The highest BCUT2D eigenvalue weighted by Gasteiger charge is 2.09. The number of esters is 1. The molecule has 2 aromatic carbocycles. The summed E-state index contributed by atoms with van der Waals surface area (Å²) in [6.07, 6.45) is 2.05. The highest BCUT2D eigenvalue weighted by Crippen LogP contribution is 2.20. The van der Waals surface area contributed by atoms with E-state index < -0.39 is 0 Å². The third-order valence-electron chi connectivity index (χ3n) is 3.71. The van der Waals surface area contributed by atoms with Crippen molar-refractivity contribution >= 4 is 16.7 Å². The molecule has 112 valence electrons. The zero-order chi connectivity index (χ0) is 15.1. The first-order valence-electron chi connectivity index (χ1n) is 7.50. The number of hydrogen-bond acceptors (Lipinski definition) is 3. The second-order valence-corrected chi connectivity index (χ2v) is 5.16. The van der Waals surface area contributed by atoms with Crippen molar-refractivity contribution in [2.75, 3.05) is 13.2 Å². The third kappa shape index (κ3) is 4.48. The number of carbonyl (C=O) groups is 1. The number of rotatable bonds is 7. The van der Waals surface area contributed by atoms with Gasteiger partial charge < -0.3 is 9.47 Å². The van der Waals surface area contributed by atoms with Gasteiger partial charge in [-0.15, -0.1) is 0 Å². The summed E-state index contributed by atoms with van der Waals surface area (Å²) in [7, 11) is 0. The van der Waals surface area contributed by atoms with Gasteiger partial charge in [0.15, 0.2) is 6.61 Å². The van der Waals surface area contributed by atoms with E-state index in [9.17, 15) is 4.79 Å². The van der Waals surface area contributed by atoms with E-state index >= 15 is 0 Å². The molecule has 0 aliphatic carbocycles. The summed E-state index contributed by atoms with van der Waals surface area (Å²) < 4.78 is 10.7. The molecule has 2 rings (SSSR count). The SMILES string of the molecule is CCC(CC)COC(=O)COc1ccc2ccccc2c1. The summed E-state index contributed by atoms with van der Waals surface area (Å²) >= 11 is 0. The maximum atomic E-state index is 11.7. The number of benzene rings is 2. The largest absolute Gasteiger partial charge is 0.482 e. The Balaban J connectivity index is 1.85. The summed E-state index contributed by atoms with van der Waals surface area (Å²) in [5.74, 6) is 0.817. The Morgan fingerprint density at radius 1 is 1.05 bits per heavy atom. The van der Waals surface area contributed by atoms with Crippen LogP contribution in [0.25, 0.3) is 10.8 Å². The molecule has 0 aliphatic rings. The van der Waals surface area contributed by atoms with Crippen molar-refractivity contribution in [3.8, 4) is 5.75 Å². The minimum Gasteiger partial charge on any atom is -0.482 e. The zero-order valence-electron chi connectivity index (χ0n) is 12.7. The maximum Gasteiger partial charge on any atom is 0.344 e. The van der Waals surface area contributed by atoms with Crippen molar-refractivity contribution in [1.29, 1.82) is 0 Å². The van der Waals surface area contributed by atoms with Crippen LogP contribution in [0, 0.1) is 5.92 Å². The van der Waals surface area contributed by atoms with Gasteiger partial charge in [-0.1, -0.05) is 57.0 Å². The van der Waals surface area contributed by atoms with Crippen LogP contribution < -0.4 is 4.74 Å². The highest BCUT2D eigenvalue weighted by molar-refractivity contribution is 5.83. The van der Waals surface area contributed by atoms with E-state index in [1.165, 1.54) is 0 Å². The molecule has 0 saturated heterocycles. The molecule has 0 amide bonds. The van der Waals surface area contributed by atoms with E-state index in [2.05, 4.69) is 13.8 Å². The quantitative estimate of drug-likeness (QED) is 0.716. The van der Waals surface area contributed by atoms with Gasteiger partial charge in [0, 0.05) is 0 Å². The molecule has 2 aromatic rings. The Kier molecular flexibility index (Phi) is 5.61. The molecular weight excluding hydrogens is 264 g/mol. The smallest absolute Gasteiger partial charge is 0.344 e. The minimum atomic E-state index is -0.310. The maximum absolute atomic E-state index is 11.7. The lowest BCUT2D eigenvalue weighted by atomic mass is 10.1. The zero-order valence-corrected chi connectivity index (χ0v) is 12.7. The van der Waals surface area contributed by atoms with Gasteiger partial charge in [-0.2, -0.15) is 0 Å². The number of ether oxygens (including phenoxy) is 2. The fourth-order valence-electron chi connectivity index (χ4n) is 2.18. The molecule has 0 radical (unpaired) electrons. The first kappa shape index (κ1) is 15.4. The van der Waals surface area contributed by atoms with Crippen LogP contribution in [-0.2, 0) is 9.53 Å². The molecule has 0 saturated carbocycles. The van der Waals surface area contributed by atoms with Crippen LogP contribution in [0.2, 0.25) is 0 Å². The fraction of sp³-hybridized carbons (Fsp3) is 0.389. The number of carbonyl (C=O) groups excluding carboxylic acids is 1. The molecule has 0 aliphatic heterocycles. The Bertz CT molecular complexity index is 588. The van der Waals surface area contributed by atoms with Crippen LogP contribution in [0.5, 0.6) is 5.75 Å². The minimum absolute atomic E-state index is 0.0432. The lowest BCUT2D eigenvalue weighted by Crippen LogP contribution is -2.18. The molecule has 0 fully saturated rings. The molecule has 0 bridgehead atoms. The molecular formula is C18H22O3. The van der Waals surface area contributed by atoms with E-state index in [4.69, 9.17) is 9.47 Å². The van der Waals surface area contributed by atoms with Gasteiger partial charge in [-0.3, -0.25) is 0 Å². The lowest BCUT2D eigenvalue weighted by Gasteiger charge is -2.13. The second kappa shape index (κ2) is 7.67. The van der Waals surface area contributed by atoms with Crippen molar-refractivity contribution in [3.63, 3.8) is 0 Å². The van der Waals surface area contributed by atoms with Gasteiger partial charge in [-0.05, 0) is 28.8 Å². The number of hydrogen-bond donors (Lipinski definition) is 0. The monoisotopic (exact) mass is 286 g/mol. The van der Waals surface area contributed by atoms with Crippen molar-refractivity contribution in [2.45, 2.75) is 26.7 Å². The Morgan fingerprint density at radius 3 is 2.48 bits per heavy atom. The predicted octanol–water partition coefficient (Wildman–Crippen LogP) is 4.20. The van der Waals surface area contributed by atoms with Gasteiger partial charge in [0.2, 0.25) is 0 Å². The molecule has 0 N–H and O–H groups in total. The summed E-state index contributed by atoms with van der Waals surface area (Å²) in [6.45, 7) is 4.65. The van der Waals surface area contributed by atoms with Gasteiger partial charge in [0.25, 0.3) is 0 Å². The normalized spacial score (nSPS) is 10.8. The van der Waals surface area contributed by atoms with E-state index in [0.29, 0.717) is 18.3 Å². The van der Waals surface area contributed by atoms with Crippen LogP contribution in [-0.4, -0.2) is 19.2 Å². The summed E-state index contributed by atoms with van der Waals surface area (Å²) in [4.78, 5) is 11.7. The van der Waals surface area contributed by atoms with E-state index in [-0.39, 0.29) is 12.6 Å². The first-order chi connectivity index (χ1) is 10.2. The standard InChI is InChI=1S/C18H22O3/c1-3-14(4-2)12-21-18(19)13-20-17-10-9-15-7-5-6-8-16(15)11-17/h5-11,14H,3-4,12-13H2,1-2H3. The fourth-order valence-corrected chi connectivity index (χ4v) is 2.18. The van der Waals surface area contributed by atoms with Crippen LogP contribution in [0.3, 0.4) is 0 Å². The average molecular weight is 286 g/mol. The molecule has 0 aromatic heterocycles. The van der Waals surface area contributed by atoms with Crippen molar-refractivity contribution < 1.29 is 14.3 Å². The Labute approximate surface area is 125 Å². The second-order valence-electron chi connectivity index (χ2n) is 5.16. The van der Waals surface area contributed by atoms with Crippen molar-refractivity contribution in [3.05, 3.63) is 42.5 Å². The third-order valence-corrected chi connectivity index (χ3v) is 3.71. The summed E-state index contributed by atoms with van der Waals surface area (Å²) in [5, 5.41) is 2.25. The van der Waals surface area contributed by atoms with Crippen LogP contribution >= 0.6 is 0 Å². The molecule has 0 spiro atoms. The highest BCUT2D eigenvalue weighted by atomic mass is 16.6. The molecule has 3 heteroatoms. The lowest BCUT2D eigenvalue weighted by molar-refractivity contribution is -0.147. The van der Waals surface area contributed by atoms with Crippen molar-refractivity contribution in [1.82, 2.24) is 0 Å². The topological polar surface area (TPSA) is 35.5 Å². The summed E-state index contributed by atoms with van der Waals surface area (Å²) in [6, 6.07) is 13.8. The van der Waals surface area contributed by atoms with Gasteiger partial charge in [-0.25, -0.2) is 4.79 Å². The van der Waals surface area contributed by atoms with E-state index in [1.807, 2.05) is 42.5 Å². The van der Waals surface area contributed by atoms with Crippen LogP contribution in [0.4, 0.5) is 0 Å². The van der Waals surface area contributed by atoms with Gasteiger partial charge in [0.05, 0.1) is 6.61 Å². The first-order valence-corrected chi connectivity index (χ1v) is 7.50. The van der Waals surface area contributed by atoms with Crippen LogP contribution in [0.15, 0.2) is 42.5 Å². The predicted molar refractivity (Wildman–Crippen MR) is 84.5 cm³/mol. The molecule has 21 heavy (non-hydrogen) atoms. The Morgan fingerprint density at radius 2 is 1.76 bits per heavy atom. The number of fused-ring (bicyclic) bond motifs is 1. The van der Waals surface area contributed by atoms with Gasteiger partial charge in [0.1, 0.15) is 5.75 Å². The molecule has 0 unspecified atom stereocenters. The van der Waals surface area contributed by atoms with E-state index in [0.717, 1.165) is 23.6 Å². The van der Waals surface area contributed by atoms with Crippen molar-refractivity contribution in [2.24, 2.45) is 5.92 Å². The molecule has 0 atom stereocenters.